The van der Waals surface area contributed by atoms with Crippen molar-refractivity contribution in [3.8, 4) is 40.0 Å². The molecule has 6 heterocycles. The first-order valence-electron chi connectivity index (χ1n) is 21.9. The number of fused-ring (bicyclic) bond motifs is 3. The molecule has 0 bridgehead atoms. The van der Waals surface area contributed by atoms with Gasteiger partial charge in [-0.1, -0.05) is 12.8 Å². The number of pyridine rings is 1. The van der Waals surface area contributed by atoms with Crippen LogP contribution in [-0.2, 0) is 16.0 Å². The Bertz CT molecular complexity index is 2570. The van der Waals surface area contributed by atoms with Crippen LogP contribution < -0.4 is 29.0 Å². The molecule has 2 aromatic carbocycles. The van der Waals surface area contributed by atoms with E-state index in [0.29, 0.717) is 89.5 Å². The summed E-state index contributed by atoms with van der Waals surface area (Å²) in [5, 5.41) is 9.86. The molecule has 0 unspecified atom stereocenters. The second-order valence-electron chi connectivity index (χ2n) is 17.0. The number of rotatable bonds is 13. The van der Waals surface area contributed by atoms with Crippen molar-refractivity contribution in [1.29, 1.82) is 0 Å². The number of hydrogen-bond donors (Lipinski definition) is 2. The third kappa shape index (κ3) is 7.87. The van der Waals surface area contributed by atoms with Crippen LogP contribution in [0.15, 0.2) is 72.5 Å². The molecule has 3 aliphatic heterocycles. The van der Waals surface area contributed by atoms with Gasteiger partial charge in [0, 0.05) is 55.5 Å². The average molecular weight is 855 g/mol. The fourth-order valence-electron chi connectivity index (χ4n) is 9.53. The number of H-pyrrole nitrogens is 1. The van der Waals surface area contributed by atoms with E-state index >= 15 is 0 Å². The van der Waals surface area contributed by atoms with Crippen LogP contribution >= 0.6 is 0 Å². The van der Waals surface area contributed by atoms with Crippen LogP contribution in [0.25, 0.3) is 22.3 Å². The lowest BCUT2D eigenvalue weighted by Crippen LogP contribution is -2.55. The Labute approximate surface area is 364 Å². The Hall–Kier alpha value is -6.71. The molecule has 63 heavy (non-hydrogen) atoms. The molecule has 5 aromatic rings. The van der Waals surface area contributed by atoms with E-state index in [9.17, 15) is 14.4 Å². The summed E-state index contributed by atoms with van der Waals surface area (Å²) in [5.41, 5.74) is 4.95. The minimum absolute atomic E-state index is 0.0288. The van der Waals surface area contributed by atoms with Crippen molar-refractivity contribution in [2.75, 3.05) is 40.7 Å². The van der Waals surface area contributed by atoms with Crippen molar-refractivity contribution < 1.29 is 38.1 Å². The Morgan fingerprint density at radius 1 is 0.905 bits per heavy atom. The van der Waals surface area contributed by atoms with E-state index in [0.717, 1.165) is 55.4 Å². The van der Waals surface area contributed by atoms with Gasteiger partial charge in [0.1, 0.15) is 29.3 Å². The molecule has 3 amide bonds. The number of hydrogen-bond acceptors (Lipinski definition) is 12. The summed E-state index contributed by atoms with van der Waals surface area (Å²) in [6.07, 6.45) is 13.7. The minimum atomic E-state index is -0.901. The number of ether oxygens (including phenoxy) is 5. The van der Waals surface area contributed by atoms with E-state index in [-0.39, 0.29) is 48.5 Å². The van der Waals surface area contributed by atoms with Crippen LogP contribution in [0.3, 0.4) is 0 Å². The van der Waals surface area contributed by atoms with E-state index in [4.69, 9.17) is 28.8 Å². The number of carbonyl (C=O) groups excluding carboxylic acids is 3. The molecule has 2 saturated carbocycles. The molecule has 16 nitrogen and oxygen atoms in total. The van der Waals surface area contributed by atoms with Crippen LogP contribution in [0.5, 0.6) is 28.7 Å². The zero-order chi connectivity index (χ0) is 43.0. The highest BCUT2D eigenvalue weighted by atomic mass is 16.7. The van der Waals surface area contributed by atoms with E-state index < -0.39 is 11.9 Å². The van der Waals surface area contributed by atoms with Crippen molar-refractivity contribution in [2.45, 2.75) is 69.9 Å². The fourth-order valence-corrected chi connectivity index (χ4v) is 9.53. The first kappa shape index (κ1) is 40.4. The van der Waals surface area contributed by atoms with Gasteiger partial charge >= 0.3 is 0 Å². The number of methoxy groups -OCH3 is 2. The lowest BCUT2D eigenvalue weighted by Gasteiger charge is -2.43. The maximum atomic E-state index is 14.5. The van der Waals surface area contributed by atoms with Gasteiger partial charge in [0.2, 0.25) is 18.6 Å². The minimum Gasteiger partial charge on any atom is -0.493 e. The summed E-state index contributed by atoms with van der Waals surface area (Å²) in [5.74, 6) is 2.72. The number of nitrogens with one attached hydrogen (secondary N) is 2. The number of piperidine rings is 1. The SMILES string of the molecule is COc1ccc(C2=NN(C3CCN(C(=O)[C@H](Cc4ccncc4)NC(=O)c4c[nH]c5c(-c6c(OCC7CC7)ccc7c6OCO7)ncnc45)CC3)C(=O)[C@@H]3CCCC[C@H]23)cc1OC. The smallest absolute Gasteiger partial charge is 0.255 e. The molecule has 1 saturated heterocycles. The predicted octanol–water partition coefficient (Wildman–Crippen LogP) is 5.94. The molecule has 326 valence electrons. The normalized spacial score (nSPS) is 20.2. The number of aromatic amines is 1. The third-order valence-electron chi connectivity index (χ3n) is 13.1. The van der Waals surface area contributed by atoms with Gasteiger partial charge in [-0.3, -0.25) is 19.4 Å². The molecule has 3 fully saturated rings. The number of carbonyl (C=O) groups is 3. The lowest BCUT2D eigenvalue weighted by molar-refractivity contribution is -0.143. The Kier molecular flexibility index (Phi) is 11.0. The van der Waals surface area contributed by atoms with Gasteiger partial charge in [0.05, 0.1) is 49.2 Å². The maximum absolute atomic E-state index is 14.5. The number of likely N-dealkylation sites (tertiary alicyclic amines) is 1. The van der Waals surface area contributed by atoms with Crippen molar-refractivity contribution in [1.82, 2.24) is 35.2 Å². The van der Waals surface area contributed by atoms with Crippen molar-refractivity contribution in [2.24, 2.45) is 22.9 Å². The first-order chi connectivity index (χ1) is 30.9. The molecule has 16 heteroatoms. The molecule has 5 aliphatic rings. The topological polar surface area (TPSA) is 183 Å². The van der Waals surface area contributed by atoms with Gasteiger partial charge in [-0.05, 0) is 92.5 Å². The summed E-state index contributed by atoms with van der Waals surface area (Å²) in [6.45, 7) is 1.44. The summed E-state index contributed by atoms with van der Waals surface area (Å²) < 4.78 is 29.0. The standard InChI is InChI=1S/C47H50N8O8/c1-59-35-10-9-29(22-38(35)60-2)40-31-5-3-4-6-32(31)46(57)55(53-40)30-15-19-54(20-16-30)47(58)34(21-27-13-17-48-18-14-27)52-45(56)33-23-49-43-41(33)50-25-51-42(43)39-36(61-24-28-7-8-28)11-12-37-44(39)63-26-62-37/h9-14,17-18,22-23,25,28,30-32,34,49H,3-8,15-16,19-21,24,26H2,1-2H3,(H,52,56)/t31-,32+,34-/m0/s1. The van der Waals surface area contributed by atoms with Gasteiger partial charge < -0.3 is 38.9 Å². The van der Waals surface area contributed by atoms with Gasteiger partial charge in [-0.2, -0.15) is 5.10 Å². The van der Waals surface area contributed by atoms with Crippen LogP contribution in [0.4, 0.5) is 0 Å². The zero-order valence-corrected chi connectivity index (χ0v) is 35.4. The molecule has 2 aliphatic carbocycles. The third-order valence-corrected chi connectivity index (χ3v) is 13.1. The summed E-state index contributed by atoms with van der Waals surface area (Å²) >= 11 is 0. The van der Waals surface area contributed by atoms with Gasteiger partial charge in [0.25, 0.3) is 5.91 Å². The molecule has 3 aromatic heterocycles. The van der Waals surface area contributed by atoms with Gasteiger partial charge in [-0.15, -0.1) is 0 Å². The van der Waals surface area contributed by atoms with E-state index in [2.05, 4.69) is 25.3 Å². The molecule has 10 rings (SSSR count). The lowest BCUT2D eigenvalue weighted by atomic mass is 9.73. The highest BCUT2D eigenvalue weighted by Gasteiger charge is 2.44. The van der Waals surface area contributed by atoms with E-state index in [1.807, 2.05) is 42.5 Å². The molecule has 3 atom stereocenters. The number of nitrogens with zero attached hydrogens (tertiary/aromatic N) is 6. The highest BCUT2D eigenvalue weighted by molar-refractivity contribution is 6.09. The quantitative estimate of drug-likeness (QED) is 0.143. The van der Waals surface area contributed by atoms with Crippen LogP contribution in [0.2, 0.25) is 0 Å². The fraction of sp³-hybridized carbons (Fsp3) is 0.426. The highest BCUT2D eigenvalue weighted by Crippen LogP contribution is 2.48. The second-order valence-corrected chi connectivity index (χ2v) is 17.0. The second kappa shape index (κ2) is 17.2. The number of amides is 3. The average Bonchev–Trinajstić information content (AvgIpc) is 3.85. The van der Waals surface area contributed by atoms with E-state index in [1.165, 1.54) is 6.33 Å². The van der Waals surface area contributed by atoms with Crippen molar-refractivity contribution in [3.05, 3.63) is 84.1 Å². The molecular formula is C47H50N8O8. The van der Waals surface area contributed by atoms with Gasteiger partial charge in [0.15, 0.2) is 23.0 Å². The summed E-state index contributed by atoms with van der Waals surface area (Å²) in [7, 11) is 3.22. The van der Waals surface area contributed by atoms with E-state index in [1.54, 1.807) is 42.7 Å². The molecule has 2 N–H and O–H groups in total. The molecule has 0 radical (unpaired) electrons. The molecular weight excluding hydrogens is 805 g/mol. The predicted molar refractivity (Wildman–Crippen MR) is 231 cm³/mol. The van der Waals surface area contributed by atoms with Crippen LogP contribution in [-0.4, -0.2) is 106 Å². The maximum Gasteiger partial charge on any atom is 0.255 e. The monoisotopic (exact) mass is 854 g/mol. The van der Waals surface area contributed by atoms with Crippen LogP contribution in [0, 0.1) is 17.8 Å². The number of hydrazone groups is 1. The van der Waals surface area contributed by atoms with Crippen molar-refractivity contribution >= 4 is 34.5 Å². The Morgan fingerprint density at radius 2 is 1.68 bits per heavy atom. The molecule has 0 spiro atoms. The van der Waals surface area contributed by atoms with Crippen LogP contribution in [0.1, 0.15) is 72.9 Å². The zero-order valence-electron chi connectivity index (χ0n) is 35.4. The summed E-state index contributed by atoms with van der Waals surface area (Å²) in [4.78, 5) is 61.3. The number of benzene rings is 2. The largest absolute Gasteiger partial charge is 0.493 e. The summed E-state index contributed by atoms with van der Waals surface area (Å²) in [6, 6.07) is 12.1. The Morgan fingerprint density at radius 3 is 2.46 bits per heavy atom. The Balaban J connectivity index is 0.888. The number of aromatic nitrogens is 4. The first-order valence-corrected chi connectivity index (χ1v) is 21.9. The van der Waals surface area contributed by atoms with Crippen molar-refractivity contribution in [3.63, 3.8) is 0 Å². The van der Waals surface area contributed by atoms with Gasteiger partial charge in [-0.25, -0.2) is 15.0 Å².